The van der Waals surface area contributed by atoms with Gasteiger partial charge in [-0.15, -0.1) is 0 Å². The third kappa shape index (κ3) is 0.586. The first-order valence-corrected chi connectivity index (χ1v) is 4.34. The summed E-state index contributed by atoms with van der Waals surface area (Å²) in [6.07, 6.45) is 0.784. The molecule has 2 fully saturated rings. The molecule has 2 rings (SSSR count). The van der Waals surface area contributed by atoms with Crippen LogP contribution in [0.4, 0.5) is 0 Å². The van der Waals surface area contributed by atoms with Crippen LogP contribution in [0.15, 0.2) is 0 Å². The number of amides is 2. The number of rotatable bonds is 1. The van der Waals surface area contributed by atoms with Crippen LogP contribution in [0.25, 0.3) is 0 Å². The minimum Gasteiger partial charge on any atom is -0.285 e. The molecule has 0 spiro atoms. The van der Waals surface area contributed by atoms with Gasteiger partial charge in [-0.2, -0.15) is 0 Å². The quantitative estimate of drug-likeness (QED) is 0.538. The van der Waals surface area contributed by atoms with E-state index in [1.165, 1.54) is 4.90 Å². The molecule has 2 atom stereocenters. The highest BCUT2D eigenvalue weighted by atomic mass is 16.2. The number of hydrogen-bond donors (Lipinski definition) is 0. The van der Waals surface area contributed by atoms with E-state index in [0.717, 1.165) is 6.42 Å². The summed E-state index contributed by atoms with van der Waals surface area (Å²) < 4.78 is 0. The molecular weight excluding hydrogens is 154 g/mol. The Morgan fingerprint density at radius 2 is 2.08 bits per heavy atom. The molecule has 0 bridgehead atoms. The largest absolute Gasteiger partial charge is 0.285 e. The highest BCUT2D eigenvalue weighted by molar-refractivity contribution is 6.11. The van der Waals surface area contributed by atoms with Crippen LogP contribution in [0.2, 0.25) is 0 Å². The van der Waals surface area contributed by atoms with Crippen molar-refractivity contribution < 1.29 is 9.59 Å². The number of nitrogens with zero attached hydrogens (tertiary/aromatic N) is 1. The number of hydrogen-bond acceptors (Lipinski definition) is 2. The fourth-order valence-corrected chi connectivity index (χ4v) is 2.35. The van der Waals surface area contributed by atoms with Gasteiger partial charge >= 0.3 is 0 Å². The summed E-state index contributed by atoms with van der Waals surface area (Å²) in [6, 6.07) is 0. The van der Waals surface area contributed by atoms with Gasteiger partial charge in [0.15, 0.2) is 0 Å². The fourth-order valence-electron chi connectivity index (χ4n) is 2.35. The first-order chi connectivity index (χ1) is 5.51. The molecule has 3 nitrogen and oxygen atoms in total. The number of carbonyl (C=O) groups excluding carboxylic acids is 2. The maximum atomic E-state index is 11.6. The Hall–Kier alpha value is -0.860. The summed E-state index contributed by atoms with van der Waals surface area (Å²) in [6.45, 7) is 4.04. The Kier molecular flexibility index (Phi) is 1.23. The van der Waals surface area contributed by atoms with Gasteiger partial charge in [0.1, 0.15) is 0 Å². The first kappa shape index (κ1) is 7.77. The average molecular weight is 167 g/mol. The lowest BCUT2D eigenvalue weighted by Crippen LogP contribution is -2.32. The monoisotopic (exact) mass is 167 g/mol. The minimum absolute atomic E-state index is 0.00926. The second-order valence-electron chi connectivity index (χ2n) is 4.15. The van der Waals surface area contributed by atoms with Gasteiger partial charge in [-0.05, 0) is 12.3 Å². The van der Waals surface area contributed by atoms with Gasteiger partial charge < -0.3 is 0 Å². The molecule has 12 heavy (non-hydrogen) atoms. The normalized spacial score (nSPS) is 39.3. The van der Waals surface area contributed by atoms with Crippen molar-refractivity contribution in [3.05, 3.63) is 0 Å². The molecule has 1 aliphatic carbocycles. The van der Waals surface area contributed by atoms with E-state index >= 15 is 0 Å². The van der Waals surface area contributed by atoms with Gasteiger partial charge in [0.05, 0.1) is 11.3 Å². The third-order valence-electron chi connectivity index (χ3n) is 3.37. The molecule has 0 radical (unpaired) electrons. The molecule has 1 saturated heterocycles. The maximum Gasteiger partial charge on any atom is 0.236 e. The SMILES string of the molecule is CC(C)C12CC1C(=O)N(C)C2=O. The number of carbonyl (C=O) groups is 2. The summed E-state index contributed by atoms with van der Waals surface area (Å²) in [5, 5.41) is 0. The van der Waals surface area contributed by atoms with Crippen molar-refractivity contribution in [2.75, 3.05) is 7.05 Å². The molecule has 1 heterocycles. The van der Waals surface area contributed by atoms with Crippen LogP contribution in [-0.4, -0.2) is 23.8 Å². The molecule has 2 aliphatic rings. The van der Waals surface area contributed by atoms with Crippen LogP contribution in [0.3, 0.4) is 0 Å². The molecule has 0 aromatic carbocycles. The molecular formula is C9H13NO2. The molecule has 2 amide bonds. The van der Waals surface area contributed by atoms with E-state index in [-0.39, 0.29) is 23.1 Å². The van der Waals surface area contributed by atoms with Gasteiger partial charge in [0, 0.05) is 7.05 Å². The van der Waals surface area contributed by atoms with E-state index in [4.69, 9.17) is 0 Å². The molecule has 0 aromatic rings. The minimum atomic E-state index is -0.300. The van der Waals surface area contributed by atoms with Crippen molar-refractivity contribution in [3.8, 4) is 0 Å². The van der Waals surface area contributed by atoms with Gasteiger partial charge in [-0.1, -0.05) is 13.8 Å². The lowest BCUT2D eigenvalue weighted by Gasteiger charge is -2.17. The van der Waals surface area contributed by atoms with Crippen molar-refractivity contribution in [2.24, 2.45) is 17.3 Å². The number of piperidine rings is 1. The van der Waals surface area contributed by atoms with E-state index in [9.17, 15) is 9.59 Å². The Balaban J connectivity index is 2.36. The molecule has 2 unspecified atom stereocenters. The van der Waals surface area contributed by atoms with Gasteiger partial charge in [-0.3, -0.25) is 14.5 Å². The molecule has 0 aromatic heterocycles. The topological polar surface area (TPSA) is 37.4 Å². The average Bonchev–Trinajstić information content (AvgIpc) is 2.71. The molecule has 3 heteroatoms. The zero-order valence-corrected chi connectivity index (χ0v) is 7.63. The zero-order chi connectivity index (χ0) is 9.09. The lowest BCUT2D eigenvalue weighted by molar-refractivity contribution is -0.141. The number of likely N-dealkylation sites (tertiary alicyclic amines) is 1. The zero-order valence-electron chi connectivity index (χ0n) is 7.63. The highest BCUT2D eigenvalue weighted by Crippen LogP contribution is 2.63. The van der Waals surface area contributed by atoms with Crippen molar-refractivity contribution in [1.82, 2.24) is 4.90 Å². The first-order valence-electron chi connectivity index (χ1n) is 4.34. The summed E-state index contributed by atoms with van der Waals surface area (Å²) in [5.41, 5.74) is -0.300. The van der Waals surface area contributed by atoms with E-state index in [1.54, 1.807) is 7.05 Å². The lowest BCUT2D eigenvalue weighted by atomic mass is 9.91. The summed E-state index contributed by atoms with van der Waals surface area (Å²) in [4.78, 5) is 24.3. The Bertz CT molecular complexity index is 272. The smallest absolute Gasteiger partial charge is 0.236 e. The van der Waals surface area contributed by atoms with Crippen molar-refractivity contribution >= 4 is 11.8 Å². The third-order valence-corrected chi connectivity index (χ3v) is 3.37. The predicted octanol–water partition coefficient (Wildman–Crippen LogP) is 0.647. The van der Waals surface area contributed by atoms with E-state index in [2.05, 4.69) is 0 Å². The standard InChI is InChI=1S/C9H13NO2/c1-5(2)9-4-6(9)7(11)10(3)8(9)12/h5-6H,4H2,1-3H3. The summed E-state index contributed by atoms with van der Waals surface area (Å²) in [7, 11) is 1.58. The molecule has 0 N–H and O–H groups in total. The van der Waals surface area contributed by atoms with E-state index in [0.29, 0.717) is 5.92 Å². The van der Waals surface area contributed by atoms with Crippen molar-refractivity contribution in [3.63, 3.8) is 0 Å². The second-order valence-corrected chi connectivity index (χ2v) is 4.15. The Morgan fingerprint density at radius 1 is 1.50 bits per heavy atom. The summed E-state index contributed by atoms with van der Waals surface area (Å²) in [5.74, 6) is 0.361. The fraction of sp³-hybridized carbons (Fsp3) is 0.778. The summed E-state index contributed by atoms with van der Waals surface area (Å²) >= 11 is 0. The van der Waals surface area contributed by atoms with Crippen LogP contribution in [0, 0.1) is 17.3 Å². The van der Waals surface area contributed by atoms with Crippen LogP contribution in [0.5, 0.6) is 0 Å². The number of fused-ring (bicyclic) bond motifs is 1. The van der Waals surface area contributed by atoms with Gasteiger partial charge in [-0.25, -0.2) is 0 Å². The van der Waals surface area contributed by atoms with Crippen LogP contribution < -0.4 is 0 Å². The van der Waals surface area contributed by atoms with Crippen molar-refractivity contribution in [1.29, 1.82) is 0 Å². The Labute approximate surface area is 71.7 Å². The molecule has 1 aliphatic heterocycles. The highest BCUT2D eigenvalue weighted by Gasteiger charge is 2.71. The van der Waals surface area contributed by atoms with Gasteiger partial charge in [0.2, 0.25) is 11.8 Å². The second kappa shape index (κ2) is 1.90. The van der Waals surface area contributed by atoms with Crippen LogP contribution in [0.1, 0.15) is 20.3 Å². The van der Waals surface area contributed by atoms with E-state index < -0.39 is 0 Å². The van der Waals surface area contributed by atoms with Gasteiger partial charge in [0.25, 0.3) is 0 Å². The van der Waals surface area contributed by atoms with Crippen LogP contribution >= 0.6 is 0 Å². The maximum absolute atomic E-state index is 11.6. The molecule has 1 saturated carbocycles. The van der Waals surface area contributed by atoms with E-state index in [1.807, 2.05) is 13.8 Å². The molecule has 66 valence electrons. The Morgan fingerprint density at radius 3 is 2.33 bits per heavy atom. The van der Waals surface area contributed by atoms with Crippen LogP contribution in [-0.2, 0) is 9.59 Å². The van der Waals surface area contributed by atoms with Crippen molar-refractivity contribution in [2.45, 2.75) is 20.3 Å². The number of imide groups is 1. The predicted molar refractivity (Wildman–Crippen MR) is 43.2 cm³/mol.